The van der Waals surface area contributed by atoms with Gasteiger partial charge in [0.1, 0.15) is 5.60 Å². The fourth-order valence-corrected chi connectivity index (χ4v) is 2.88. The van der Waals surface area contributed by atoms with Crippen molar-refractivity contribution in [1.82, 2.24) is 5.32 Å². The number of benzene rings is 1. The van der Waals surface area contributed by atoms with Crippen LogP contribution in [0.2, 0.25) is 0 Å². The van der Waals surface area contributed by atoms with E-state index in [1.165, 1.54) is 0 Å². The Kier molecular flexibility index (Phi) is 5.22. The van der Waals surface area contributed by atoms with E-state index in [0.29, 0.717) is 12.5 Å². The molecule has 4 heteroatoms. The molecule has 1 aromatic carbocycles. The Balaban J connectivity index is 1.78. The normalized spacial score (nSPS) is 21.4. The van der Waals surface area contributed by atoms with E-state index in [1.807, 2.05) is 51.1 Å². The average molecular weight is 303 g/mol. The molecule has 0 aromatic heterocycles. The van der Waals surface area contributed by atoms with Crippen molar-refractivity contribution in [2.45, 2.75) is 45.6 Å². The topological polar surface area (TPSA) is 55.4 Å². The van der Waals surface area contributed by atoms with E-state index >= 15 is 0 Å². The number of carbonyl (C=O) groups is 2. The van der Waals surface area contributed by atoms with Gasteiger partial charge in [0.25, 0.3) is 0 Å². The second-order valence-electron chi connectivity index (χ2n) is 6.99. The number of carbonyl (C=O) groups excluding carboxylic acids is 2. The molecule has 1 N–H and O–H groups in total. The molecule has 0 saturated heterocycles. The highest BCUT2D eigenvalue weighted by Gasteiger charge is 2.30. The van der Waals surface area contributed by atoms with Crippen LogP contribution in [0.3, 0.4) is 0 Å². The lowest BCUT2D eigenvalue weighted by Crippen LogP contribution is -2.35. The van der Waals surface area contributed by atoms with Gasteiger partial charge in [-0.15, -0.1) is 0 Å². The number of Topliss-reactive ketones (excluding diaryl/α,β-unsaturated/α-hetero) is 1. The van der Waals surface area contributed by atoms with E-state index in [9.17, 15) is 9.59 Å². The summed E-state index contributed by atoms with van der Waals surface area (Å²) in [5, 5.41) is 2.81. The summed E-state index contributed by atoms with van der Waals surface area (Å²) in [6.07, 6.45) is 2.32. The van der Waals surface area contributed by atoms with Gasteiger partial charge in [-0.2, -0.15) is 0 Å². The zero-order valence-corrected chi connectivity index (χ0v) is 13.6. The van der Waals surface area contributed by atoms with Crippen LogP contribution in [0.15, 0.2) is 30.3 Å². The molecule has 2 rings (SSSR count). The maximum atomic E-state index is 12.4. The van der Waals surface area contributed by atoms with Crippen LogP contribution in [-0.4, -0.2) is 24.0 Å². The predicted octanol–water partition coefficient (Wildman–Crippen LogP) is 3.81. The molecular formula is C18H25NO3. The van der Waals surface area contributed by atoms with Crippen LogP contribution in [-0.2, 0) is 4.74 Å². The molecule has 0 spiro atoms. The number of hydrogen-bond donors (Lipinski definition) is 1. The van der Waals surface area contributed by atoms with Crippen LogP contribution in [0.25, 0.3) is 0 Å². The Morgan fingerprint density at radius 3 is 2.50 bits per heavy atom. The van der Waals surface area contributed by atoms with Gasteiger partial charge >= 0.3 is 6.09 Å². The lowest BCUT2D eigenvalue weighted by atomic mass is 9.95. The molecule has 1 amide bonds. The molecular weight excluding hydrogens is 278 g/mol. The monoisotopic (exact) mass is 303 g/mol. The van der Waals surface area contributed by atoms with E-state index in [2.05, 4.69) is 5.32 Å². The van der Waals surface area contributed by atoms with Crippen LogP contribution in [0, 0.1) is 11.8 Å². The molecule has 0 aliphatic heterocycles. The Morgan fingerprint density at radius 1 is 1.18 bits per heavy atom. The summed E-state index contributed by atoms with van der Waals surface area (Å²) in [5.41, 5.74) is 0.305. The largest absolute Gasteiger partial charge is 0.444 e. The van der Waals surface area contributed by atoms with Crippen LogP contribution in [0.1, 0.15) is 50.4 Å². The van der Waals surface area contributed by atoms with Gasteiger partial charge in [0, 0.05) is 18.0 Å². The maximum Gasteiger partial charge on any atom is 0.407 e. The molecule has 1 aliphatic carbocycles. The van der Waals surface area contributed by atoms with Crippen LogP contribution >= 0.6 is 0 Å². The number of alkyl carbamates (subject to hydrolysis) is 1. The fraction of sp³-hybridized carbons (Fsp3) is 0.556. The summed E-state index contributed by atoms with van der Waals surface area (Å²) in [5.74, 6) is 0.651. The summed E-state index contributed by atoms with van der Waals surface area (Å²) in [7, 11) is 0. The smallest absolute Gasteiger partial charge is 0.407 e. The first-order valence-electron chi connectivity index (χ1n) is 7.91. The Labute approximate surface area is 132 Å². The van der Waals surface area contributed by atoms with Crippen LogP contribution < -0.4 is 5.32 Å². The number of amides is 1. The maximum absolute atomic E-state index is 12.4. The molecule has 0 radical (unpaired) electrons. The van der Waals surface area contributed by atoms with Crippen molar-refractivity contribution >= 4 is 11.9 Å². The van der Waals surface area contributed by atoms with Crippen molar-refractivity contribution in [1.29, 1.82) is 0 Å². The van der Waals surface area contributed by atoms with E-state index in [4.69, 9.17) is 4.74 Å². The third-order valence-electron chi connectivity index (χ3n) is 3.90. The number of ketones is 1. The summed E-state index contributed by atoms with van der Waals surface area (Å²) in [6.45, 7) is 6.11. The summed E-state index contributed by atoms with van der Waals surface area (Å²) >= 11 is 0. The van der Waals surface area contributed by atoms with E-state index in [-0.39, 0.29) is 17.8 Å². The van der Waals surface area contributed by atoms with Crippen molar-refractivity contribution in [3.8, 4) is 0 Å². The highest BCUT2D eigenvalue weighted by Crippen LogP contribution is 2.32. The predicted molar refractivity (Wildman–Crippen MR) is 85.8 cm³/mol. The summed E-state index contributed by atoms with van der Waals surface area (Å²) < 4.78 is 5.22. The van der Waals surface area contributed by atoms with Crippen molar-refractivity contribution in [3.05, 3.63) is 35.9 Å². The van der Waals surface area contributed by atoms with Gasteiger partial charge in [0.2, 0.25) is 0 Å². The number of nitrogens with one attached hydrogen (secondary N) is 1. The second kappa shape index (κ2) is 6.95. The molecule has 0 heterocycles. The SMILES string of the molecule is CC(C)(C)OC(=O)NCC1CCC(C(=O)c2ccccc2)C1. The van der Waals surface area contributed by atoms with Crippen LogP contribution in [0.4, 0.5) is 4.79 Å². The first kappa shape index (κ1) is 16.5. The lowest BCUT2D eigenvalue weighted by molar-refractivity contribution is 0.0519. The quantitative estimate of drug-likeness (QED) is 0.861. The minimum absolute atomic E-state index is 0.0767. The zero-order chi connectivity index (χ0) is 16.2. The van der Waals surface area contributed by atoms with E-state index in [0.717, 1.165) is 24.8 Å². The third kappa shape index (κ3) is 4.86. The number of hydrogen-bond acceptors (Lipinski definition) is 3. The van der Waals surface area contributed by atoms with Gasteiger partial charge in [-0.1, -0.05) is 30.3 Å². The second-order valence-corrected chi connectivity index (χ2v) is 6.99. The van der Waals surface area contributed by atoms with E-state index < -0.39 is 5.60 Å². The van der Waals surface area contributed by atoms with Gasteiger partial charge < -0.3 is 10.1 Å². The number of rotatable bonds is 4. The van der Waals surface area contributed by atoms with Gasteiger partial charge in [-0.3, -0.25) is 4.79 Å². The fourth-order valence-electron chi connectivity index (χ4n) is 2.88. The zero-order valence-electron chi connectivity index (χ0n) is 13.6. The molecule has 1 fully saturated rings. The first-order valence-corrected chi connectivity index (χ1v) is 7.91. The van der Waals surface area contributed by atoms with Gasteiger partial charge in [-0.25, -0.2) is 4.79 Å². The summed E-state index contributed by atoms with van der Waals surface area (Å²) in [6, 6.07) is 9.44. The minimum Gasteiger partial charge on any atom is -0.444 e. The van der Waals surface area contributed by atoms with Gasteiger partial charge in [-0.05, 0) is 46.0 Å². The third-order valence-corrected chi connectivity index (χ3v) is 3.90. The molecule has 0 bridgehead atoms. The Hall–Kier alpha value is -1.84. The standard InChI is InChI=1S/C18H25NO3/c1-18(2,3)22-17(21)19-12-13-9-10-15(11-13)16(20)14-7-5-4-6-8-14/h4-8,13,15H,9-12H2,1-3H3,(H,19,21). The molecule has 4 nitrogen and oxygen atoms in total. The van der Waals surface area contributed by atoms with Crippen molar-refractivity contribution in [3.63, 3.8) is 0 Å². The Bertz CT molecular complexity index is 519. The van der Waals surface area contributed by atoms with Crippen molar-refractivity contribution < 1.29 is 14.3 Å². The van der Waals surface area contributed by atoms with E-state index in [1.54, 1.807) is 0 Å². The van der Waals surface area contributed by atoms with Crippen LogP contribution in [0.5, 0.6) is 0 Å². The Morgan fingerprint density at radius 2 is 1.86 bits per heavy atom. The summed E-state index contributed by atoms with van der Waals surface area (Å²) in [4.78, 5) is 24.1. The lowest BCUT2D eigenvalue weighted by Gasteiger charge is -2.20. The highest BCUT2D eigenvalue weighted by molar-refractivity contribution is 5.97. The van der Waals surface area contributed by atoms with Crippen molar-refractivity contribution in [2.24, 2.45) is 11.8 Å². The van der Waals surface area contributed by atoms with Crippen molar-refractivity contribution in [2.75, 3.05) is 6.54 Å². The van der Waals surface area contributed by atoms with Gasteiger partial charge in [0.15, 0.2) is 5.78 Å². The molecule has 2 atom stereocenters. The molecule has 120 valence electrons. The molecule has 1 aromatic rings. The molecule has 1 aliphatic rings. The molecule has 22 heavy (non-hydrogen) atoms. The molecule has 2 unspecified atom stereocenters. The first-order chi connectivity index (χ1) is 10.3. The number of ether oxygens (including phenoxy) is 1. The average Bonchev–Trinajstić information content (AvgIpc) is 2.92. The minimum atomic E-state index is -0.481. The molecule has 1 saturated carbocycles. The van der Waals surface area contributed by atoms with Gasteiger partial charge in [0.05, 0.1) is 0 Å². The highest BCUT2D eigenvalue weighted by atomic mass is 16.6.